The molecular weight excluding hydrogens is 250 g/mol. The third kappa shape index (κ3) is 3.50. The summed E-state index contributed by atoms with van der Waals surface area (Å²) in [6, 6.07) is 12.4. The van der Waals surface area contributed by atoms with E-state index in [0.29, 0.717) is 6.61 Å². The molecule has 0 heterocycles. The number of ether oxygens (including phenoxy) is 2. The van der Waals surface area contributed by atoms with Crippen LogP contribution >= 0.6 is 0 Å². The van der Waals surface area contributed by atoms with Gasteiger partial charge in [-0.1, -0.05) is 36.4 Å². The molecule has 3 heteroatoms. The summed E-state index contributed by atoms with van der Waals surface area (Å²) < 4.78 is 11.3. The van der Waals surface area contributed by atoms with Crippen LogP contribution in [0.25, 0.3) is 10.8 Å². The average Bonchev–Trinajstić information content (AvgIpc) is 2.46. The molecule has 0 aliphatic heterocycles. The topological polar surface area (TPSA) is 44.5 Å². The number of fused-ring (bicyclic) bond motifs is 1. The number of benzene rings is 2. The summed E-state index contributed by atoms with van der Waals surface area (Å²) in [6.07, 6.45) is 0.884. The molecule has 108 valence electrons. The Balaban J connectivity index is 2.21. The van der Waals surface area contributed by atoms with Gasteiger partial charge >= 0.3 is 0 Å². The van der Waals surface area contributed by atoms with Gasteiger partial charge in [-0.05, 0) is 19.2 Å². The highest BCUT2D eigenvalue weighted by Gasteiger charge is 2.11. The Hall–Kier alpha value is -1.58. The smallest absolute Gasteiger partial charge is 0.131 e. The van der Waals surface area contributed by atoms with Crippen LogP contribution in [0.4, 0.5) is 0 Å². The predicted octanol–water partition coefficient (Wildman–Crippen LogP) is 3.66. The molecule has 0 amide bonds. The maximum atomic E-state index is 6.05. The molecule has 0 fully saturated rings. The van der Waals surface area contributed by atoms with Gasteiger partial charge in [0.15, 0.2) is 0 Å². The van der Waals surface area contributed by atoms with E-state index in [1.54, 1.807) is 0 Å². The molecule has 0 bridgehead atoms. The molecular formula is C17H23NO2. The summed E-state index contributed by atoms with van der Waals surface area (Å²) in [5.74, 6) is 0.912. The summed E-state index contributed by atoms with van der Waals surface area (Å²) >= 11 is 0. The Bertz CT molecular complexity index is 552. The molecule has 2 aromatic rings. The highest BCUT2D eigenvalue weighted by atomic mass is 16.5. The number of nitrogens with two attached hydrogens (primary N) is 1. The minimum Gasteiger partial charge on any atom is -0.493 e. The molecule has 2 N–H and O–H groups in total. The molecule has 3 nitrogen and oxygen atoms in total. The second-order valence-corrected chi connectivity index (χ2v) is 4.89. The van der Waals surface area contributed by atoms with Crippen molar-refractivity contribution in [2.45, 2.75) is 26.3 Å². The lowest BCUT2D eigenvalue weighted by molar-refractivity contribution is 0.131. The van der Waals surface area contributed by atoms with Crippen LogP contribution in [-0.4, -0.2) is 19.8 Å². The Labute approximate surface area is 120 Å². The van der Waals surface area contributed by atoms with Crippen LogP contribution in [0.1, 0.15) is 31.9 Å². The molecule has 2 rings (SSSR count). The van der Waals surface area contributed by atoms with Crippen molar-refractivity contribution < 1.29 is 9.47 Å². The van der Waals surface area contributed by atoms with Crippen molar-refractivity contribution in [1.82, 2.24) is 0 Å². The molecule has 2 aromatic carbocycles. The molecule has 1 unspecified atom stereocenters. The maximum Gasteiger partial charge on any atom is 0.131 e. The van der Waals surface area contributed by atoms with Crippen molar-refractivity contribution >= 4 is 10.8 Å². The lowest BCUT2D eigenvalue weighted by Crippen LogP contribution is -2.10. The van der Waals surface area contributed by atoms with Crippen LogP contribution in [0.2, 0.25) is 0 Å². The van der Waals surface area contributed by atoms with Crippen LogP contribution in [0, 0.1) is 0 Å². The summed E-state index contributed by atoms with van der Waals surface area (Å²) in [4.78, 5) is 0. The van der Waals surface area contributed by atoms with E-state index in [0.717, 1.165) is 36.3 Å². The Morgan fingerprint density at radius 2 is 1.90 bits per heavy atom. The Morgan fingerprint density at radius 1 is 1.10 bits per heavy atom. The SMILES string of the molecule is CCOCCCOc1c(C(C)N)ccc2ccccc12. The normalized spacial score (nSPS) is 12.6. The van der Waals surface area contributed by atoms with Gasteiger partial charge in [-0.15, -0.1) is 0 Å². The summed E-state index contributed by atoms with van der Waals surface area (Å²) in [6.45, 7) is 6.11. The van der Waals surface area contributed by atoms with Gasteiger partial charge in [-0.2, -0.15) is 0 Å². The van der Waals surface area contributed by atoms with Crippen molar-refractivity contribution in [2.24, 2.45) is 5.73 Å². The monoisotopic (exact) mass is 273 g/mol. The van der Waals surface area contributed by atoms with Gasteiger partial charge in [0.25, 0.3) is 0 Å². The van der Waals surface area contributed by atoms with Crippen molar-refractivity contribution in [3.63, 3.8) is 0 Å². The molecule has 20 heavy (non-hydrogen) atoms. The van der Waals surface area contributed by atoms with E-state index in [1.807, 2.05) is 26.0 Å². The standard InChI is InChI=1S/C17H23NO2/c1-3-19-11-6-12-20-17-15(13(2)18)10-9-14-7-4-5-8-16(14)17/h4-5,7-10,13H,3,6,11-12,18H2,1-2H3. The zero-order chi connectivity index (χ0) is 14.4. The first-order chi connectivity index (χ1) is 9.74. The van der Waals surface area contributed by atoms with Gasteiger partial charge in [0.05, 0.1) is 6.61 Å². The highest BCUT2D eigenvalue weighted by Crippen LogP contribution is 2.32. The fourth-order valence-corrected chi connectivity index (χ4v) is 2.26. The maximum absolute atomic E-state index is 6.05. The predicted molar refractivity (Wildman–Crippen MR) is 83.2 cm³/mol. The first-order valence-corrected chi connectivity index (χ1v) is 7.21. The molecule has 0 spiro atoms. The largest absolute Gasteiger partial charge is 0.493 e. The van der Waals surface area contributed by atoms with Gasteiger partial charge in [-0.3, -0.25) is 0 Å². The molecule has 0 saturated carbocycles. The van der Waals surface area contributed by atoms with Crippen molar-refractivity contribution in [3.05, 3.63) is 42.0 Å². The van der Waals surface area contributed by atoms with Crippen molar-refractivity contribution in [3.8, 4) is 5.75 Å². The van der Waals surface area contributed by atoms with Crippen LogP contribution in [0.3, 0.4) is 0 Å². The molecule has 0 aromatic heterocycles. The second-order valence-electron chi connectivity index (χ2n) is 4.89. The van der Waals surface area contributed by atoms with Gasteiger partial charge in [0.2, 0.25) is 0 Å². The summed E-state index contributed by atoms with van der Waals surface area (Å²) in [5.41, 5.74) is 7.11. The minimum atomic E-state index is -0.0403. The lowest BCUT2D eigenvalue weighted by atomic mass is 10.0. The fraction of sp³-hybridized carbons (Fsp3) is 0.412. The van der Waals surface area contributed by atoms with Crippen LogP contribution in [0.15, 0.2) is 36.4 Å². The van der Waals surface area contributed by atoms with Crippen molar-refractivity contribution in [2.75, 3.05) is 19.8 Å². The third-order valence-electron chi connectivity index (χ3n) is 3.28. The molecule has 1 atom stereocenters. The van der Waals surface area contributed by atoms with Gasteiger partial charge in [-0.25, -0.2) is 0 Å². The first-order valence-electron chi connectivity index (χ1n) is 7.21. The Kier molecular flexibility index (Phi) is 5.39. The molecule has 0 radical (unpaired) electrons. The van der Waals surface area contributed by atoms with E-state index in [9.17, 15) is 0 Å². The molecule has 0 aliphatic rings. The quantitative estimate of drug-likeness (QED) is 0.783. The van der Waals surface area contributed by atoms with Gasteiger partial charge < -0.3 is 15.2 Å². The van der Waals surface area contributed by atoms with Crippen molar-refractivity contribution in [1.29, 1.82) is 0 Å². The molecule has 0 aliphatic carbocycles. The van der Waals surface area contributed by atoms with E-state index in [-0.39, 0.29) is 6.04 Å². The van der Waals surface area contributed by atoms with Gasteiger partial charge in [0, 0.05) is 36.6 Å². The molecule has 0 saturated heterocycles. The van der Waals surface area contributed by atoms with Crippen LogP contribution in [-0.2, 0) is 4.74 Å². The highest BCUT2D eigenvalue weighted by molar-refractivity contribution is 5.89. The first kappa shape index (κ1) is 14.8. The van der Waals surface area contributed by atoms with Gasteiger partial charge in [0.1, 0.15) is 5.75 Å². The van der Waals surface area contributed by atoms with Crippen LogP contribution < -0.4 is 10.5 Å². The minimum absolute atomic E-state index is 0.0403. The number of rotatable bonds is 7. The lowest BCUT2D eigenvalue weighted by Gasteiger charge is -2.16. The number of hydrogen-bond donors (Lipinski definition) is 1. The van der Waals surface area contributed by atoms with E-state index < -0.39 is 0 Å². The third-order valence-corrected chi connectivity index (χ3v) is 3.28. The average molecular weight is 273 g/mol. The van der Waals surface area contributed by atoms with Crippen LogP contribution in [0.5, 0.6) is 5.75 Å². The fourth-order valence-electron chi connectivity index (χ4n) is 2.26. The van der Waals surface area contributed by atoms with E-state index in [4.69, 9.17) is 15.2 Å². The zero-order valence-corrected chi connectivity index (χ0v) is 12.3. The van der Waals surface area contributed by atoms with E-state index in [2.05, 4.69) is 24.3 Å². The second kappa shape index (κ2) is 7.27. The summed E-state index contributed by atoms with van der Waals surface area (Å²) in [7, 11) is 0. The summed E-state index contributed by atoms with van der Waals surface area (Å²) in [5, 5.41) is 2.30. The zero-order valence-electron chi connectivity index (χ0n) is 12.3. The van der Waals surface area contributed by atoms with E-state index in [1.165, 1.54) is 5.39 Å². The Morgan fingerprint density at radius 3 is 2.65 bits per heavy atom. The van der Waals surface area contributed by atoms with E-state index >= 15 is 0 Å². The number of hydrogen-bond acceptors (Lipinski definition) is 3.